The fourth-order valence-corrected chi connectivity index (χ4v) is 3.10. The number of nitriles is 1. The number of anilines is 2. The maximum Gasteiger partial charge on any atom is 0.133 e. The maximum atomic E-state index is 14.2. The Morgan fingerprint density at radius 3 is 2.50 bits per heavy atom. The van der Waals surface area contributed by atoms with Crippen molar-refractivity contribution in [1.82, 2.24) is 4.98 Å². The number of benzene rings is 3. The van der Waals surface area contributed by atoms with Crippen LogP contribution in [0.15, 0.2) is 72.9 Å². The number of nitrogens with zero attached hydrogens (tertiary/aromatic N) is 2. The van der Waals surface area contributed by atoms with E-state index in [2.05, 4.69) is 16.4 Å². The van der Waals surface area contributed by atoms with E-state index in [1.165, 1.54) is 12.1 Å². The molecule has 0 radical (unpaired) electrons. The lowest BCUT2D eigenvalue weighted by Crippen LogP contribution is -1.94. The molecule has 0 bridgehead atoms. The molecule has 0 aliphatic carbocycles. The molecule has 0 aliphatic rings. The zero-order valence-corrected chi connectivity index (χ0v) is 14.8. The van der Waals surface area contributed by atoms with Gasteiger partial charge in [-0.1, -0.05) is 18.2 Å². The van der Waals surface area contributed by atoms with Crippen molar-refractivity contribution in [2.75, 3.05) is 5.32 Å². The summed E-state index contributed by atoms with van der Waals surface area (Å²) in [5.41, 5.74) is 4.37. The van der Waals surface area contributed by atoms with Crippen LogP contribution < -0.4 is 5.32 Å². The first kappa shape index (κ1) is 17.6. The Morgan fingerprint density at radius 1 is 0.929 bits per heavy atom. The van der Waals surface area contributed by atoms with Crippen molar-refractivity contribution < 1.29 is 8.78 Å². The molecule has 4 aromatic rings. The first-order valence-electron chi connectivity index (χ1n) is 8.71. The highest BCUT2D eigenvalue weighted by Crippen LogP contribution is 2.31. The van der Waals surface area contributed by atoms with E-state index in [-0.39, 0.29) is 0 Å². The summed E-state index contributed by atoms with van der Waals surface area (Å²) in [6.45, 7) is 0. The quantitative estimate of drug-likeness (QED) is 0.479. The predicted octanol–water partition coefficient (Wildman–Crippen LogP) is 5.99. The topological polar surface area (TPSA) is 48.7 Å². The molecule has 0 saturated carbocycles. The Labute approximate surface area is 160 Å². The molecule has 0 atom stereocenters. The van der Waals surface area contributed by atoms with Gasteiger partial charge in [0.15, 0.2) is 0 Å². The van der Waals surface area contributed by atoms with Crippen LogP contribution in [0, 0.1) is 23.0 Å². The number of hydrogen-bond acceptors (Lipinski definition) is 3. The number of hydrogen-bond donors (Lipinski definition) is 1. The van der Waals surface area contributed by atoms with Gasteiger partial charge in [0, 0.05) is 34.6 Å². The summed E-state index contributed by atoms with van der Waals surface area (Å²) in [6, 6.07) is 20.6. The van der Waals surface area contributed by atoms with Gasteiger partial charge in [-0.05, 0) is 53.6 Å². The minimum Gasteiger partial charge on any atom is -0.355 e. The molecule has 0 unspecified atom stereocenters. The van der Waals surface area contributed by atoms with E-state index in [4.69, 9.17) is 5.26 Å². The largest absolute Gasteiger partial charge is 0.355 e. The summed E-state index contributed by atoms with van der Waals surface area (Å²) in [5.74, 6) is -1.21. The first-order valence-corrected chi connectivity index (χ1v) is 8.71. The number of rotatable bonds is 4. The molecule has 0 saturated heterocycles. The van der Waals surface area contributed by atoms with Crippen molar-refractivity contribution in [3.05, 3.63) is 90.1 Å². The van der Waals surface area contributed by atoms with Crippen molar-refractivity contribution >= 4 is 22.3 Å². The highest BCUT2D eigenvalue weighted by atomic mass is 19.1. The fourth-order valence-electron chi connectivity index (χ4n) is 3.10. The van der Waals surface area contributed by atoms with Gasteiger partial charge in [-0.2, -0.15) is 5.26 Å². The van der Waals surface area contributed by atoms with E-state index >= 15 is 0 Å². The monoisotopic (exact) mass is 371 g/mol. The molecule has 0 amide bonds. The van der Waals surface area contributed by atoms with E-state index in [1.807, 2.05) is 42.5 Å². The van der Waals surface area contributed by atoms with Gasteiger partial charge in [-0.3, -0.25) is 4.98 Å². The zero-order valence-electron chi connectivity index (χ0n) is 14.8. The van der Waals surface area contributed by atoms with Crippen LogP contribution in [0.4, 0.5) is 20.2 Å². The number of fused-ring (bicyclic) bond motifs is 1. The van der Waals surface area contributed by atoms with Gasteiger partial charge in [0.25, 0.3) is 0 Å². The van der Waals surface area contributed by atoms with Gasteiger partial charge < -0.3 is 5.32 Å². The average molecular weight is 371 g/mol. The van der Waals surface area contributed by atoms with Crippen LogP contribution in [0.3, 0.4) is 0 Å². The minimum absolute atomic E-state index is 0.332. The molecular weight excluding hydrogens is 356 g/mol. The van der Waals surface area contributed by atoms with Crippen LogP contribution in [0.2, 0.25) is 0 Å². The second-order valence-electron chi connectivity index (χ2n) is 6.37. The molecule has 0 spiro atoms. The van der Waals surface area contributed by atoms with E-state index in [9.17, 15) is 8.78 Å². The van der Waals surface area contributed by atoms with E-state index in [0.29, 0.717) is 17.5 Å². The Balaban J connectivity index is 1.73. The third-order valence-corrected chi connectivity index (χ3v) is 4.50. The Morgan fingerprint density at radius 2 is 1.75 bits per heavy atom. The molecule has 136 valence electrons. The summed E-state index contributed by atoms with van der Waals surface area (Å²) in [6.07, 6.45) is 2.07. The highest BCUT2D eigenvalue weighted by Gasteiger charge is 2.09. The minimum atomic E-state index is -0.606. The first-order chi connectivity index (χ1) is 13.6. The van der Waals surface area contributed by atoms with Crippen LogP contribution in [0.1, 0.15) is 5.56 Å². The number of aromatic nitrogens is 1. The Kier molecular flexibility index (Phi) is 4.69. The van der Waals surface area contributed by atoms with E-state index in [1.54, 1.807) is 12.3 Å². The Hall–Kier alpha value is -3.78. The molecule has 3 aromatic carbocycles. The van der Waals surface area contributed by atoms with Crippen molar-refractivity contribution in [1.29, 1.82) is 5.26 Å². The zero-order chi connectivity index (χ0) is 19.5. The third kappa shape index (κ3) is 3.53. The maximum absolute atomic E-state index is 14.2. The second kappa shape index (κ2) is 7.45. The smallest absolute Gasteiger partial charge is 0.133 e. The van der Waals surface area contributed by atoms with Gasteiger partial charge in [0.05, 0.1) is 18.0 Å². The molecule has 1 aromatic heterocycles. The molecule has 3 nitrogen and oxygen atoms in total. The lowest BCUT2D eigenvalue weighted by Gasteiger charge is -2.12. The molecule has 0 aliphatic heterocycles. The van der Waals surface area contributed by atoms with E-state index in [0.717, 1.165) is 33.9 Å². The summed E-state index contributed by atoms with van der Waals surface area (Å²) in [4.78, 5) is 4.36. The number of pyridine rings is 1. The van der Waals surface area contributed by atoms with Gasteiger partial charge >= 0.3 is 0 Å². The SMILES string of the molecule is N#CCc1ccc(Nc2ccnc3ccc(-c4ccc(F)cc4F)cc23)cc1. The second-order valence-corrected chi connectivity index (χ2v) is 6.37. The van der Waals surface area contributed by atoms with Crippen molar-refractivity contribution in [2.24, 2.45) is 0 Å². The van der Waals surface area contributed by atoms with Crippen molar-refractivity contribution in [3.63, 3.8) is 0 Å². The van der Waals surface area contributed by atoms with E-state index < -0.39 is 11.6 Å². The van der Waals surface area contributed by atoms with Gasteiger partial charge in [0.1, 0.15) is 11.6 Å². The molecule has 5 heteroatoms. The lowest BCUT2D eigenvalue weighted by molar-refractivity contribution is 0.585. The van der Waals surface area contributed by atoms with Gasteiger partial charge in [0.2, 0.25) is 0 Å². The third-order valence-electron chi connectivity index (χ3n) is 4.50. The molecule has 1 N–H and O–H groups in total. The van der Waals surface area contributed by atoms with Crippen LogP contribution in [0.5, 0.6) is 0 Å². The standard InChI is InChI=1S/C23H15F2N3/c24-17-4-7-19(21(25)14-17)16-3-8-22-20(13-16)23(10-12-27-22)28-18-5-1-15(2-6-18)9-11-26/h1-8,10,12-14H,9H2,(H,27,28). The molecule has 4 rings (SSSR count). The summed E-state index contributed by atoms with van der Waals surface area (Å²) in [7, 11) is 0. The molecule has 28 heavy (non-hydrogen) atoms. The summed E-state index contributed by atoms with van der Waals surface area (Å²) in [5, 5.41) is 12.9. The average Bonchev–Trinajstić information content (AvgIpc) is 2.70. The van der Waals surface area contributed by atoms with Crippen LogP contribution >= 0.6 is 0 Å². The fraction of sp³-hybridized carbons (Fsp3) is 0.0435. The lowest BCUT2D eigenvalue weighted by atomic mass is 10.0. The summed E-state index contributed by atoms with van der Waals surface area (Å²) >= 11 is 0. The van der Waals surface area contributed by atoms with Crippen molar-refractivity contribution in [2.45, 2.75) is 6.42 Å². The predicted molar refractivity (Wildman–Crippen MR) is 106 cm³/mol. The summed E-state index contributed by atoms with van der Waals surface area (Å²) < 4.78 is 27.4. The molecular formula is C23H15F2N3. The van der Waals surface area contributed by atoms with Crippen molar-refractivity contribution in [3.8, 4) is 17.2 Å². The van der Waals surface area contributed by atoms with Gasteiger partial charge in [-0.25, -0.2) is 8.78 Å². The van der Waals surface area contributed by atoms with Crippen LogP contribution in [-0.2, 0) is 6.42 Å². The Bertz CT molecular complexity index is 1190. The molecule has 1 heterocycles. The van der Waals surface area contributed by atoms with Crippen LogP contribution in [0.25, 0.3) is 22.0 Å². The van der Waals surface area contributed by atoms with Crippen LogP contribution in [-0.4, -0.2) is 4.98 Å². The highest BCUT2D eigenvalue weighted by molar-refractivity contribution is 5.95. The van der Waals surface area contributed by atoms with Gasteiger partial charge in [-0.15, -0.1) is 0 Å². The number of halogens is 2. The normalized spacial score (nSPS) is 10.6. The number of nitrogens with one attached hydrogen (secondary N) is 1. The molecule has 0 fully saturated rings.